The Hall–Kier alpha value is -3.50. The van der Waals surface area contributed by atoms with Gasteiger partial charge in [0.05, 0.1) is 14.2 Å². The molecule has 2 aromatic carbocycles. The van der Waals surface area contributed by atoms with Gasteiger partial charge in [0.15, 0.2) is 6.61 Å². The number of benzene rings is 2. The van der Waals surface area contributed by atoms with E-state index in [0.29, 0.717) is 18.8 Å². The van der Waals surface area contributed by atoms with Crippen molar-refractivity contribution in [3.8, 4) is 23.3 Å². The van der Waals surface area contributed by atoms with Gasteiger partial charge in [-0.1, -0.05) is 12.1 Å². The molecule has 0 aliphatic carbocycles. The highest BCUT2D eigenvalue weighted by Gasteiger charge is 2.20. The minimum atomic E-state index is 0.00316. The Morgan fingerprint density at radius 3 is 2.39 bits per heavy atom. The summed E-state index contributed by atoms with van der Waals surface area (Å²) in [5, 5.41) is 8.54. The smallest absolute Gasteiger partial charge is 0.246 e. The Kier molecular flexibility index (Phi) is 7.91. The average Bonchev–Trinajstić information content (AvgIpc) is 2.82. The lowest BCUT2D eigenvalue weighted by Crippen LogP contribution is -2.47. The van der Waals surface area contributed by atoms with Crippen molar-refractivity contribution in [2.24, 2.45) is 0 Å². The van der Waals surface area contributed by atoms with Gasteiger partial charge >= 0.3 is 0 Å². The number of rotatable bonds is 8. The van der Waals surface area contributed by atoms with Crippen molar-refractivity contribution < 1.29 is 19.0 Å². The van der Waals surface area contributed by atoms with E-state index in [9.17, 15) is 4.79 Å². The van der Waals surface area contributed by atoms with Crippen molar-refractivity contribution in [3.63, 3.8) is 0 Å². The van der Waals surface area contributed by atoms with Crippen molar-refractivity contribution in [1.29, 1.82) is 5.26 Å². The highest BCUT2D eigenvalue weighted by atomic mass is 16.5. The molecule has 1 aliphatic rings. The number of nitriles is 1. The van der Waals surface area contributed by atoms with Crippen LogP contribution < -0.4 is 14.2 Å². The molecule has 1 fully saturated rings. The summed E-state index contributed by atoms with van der Waals surface area (Å²) in [4.78, 5) is 16.7. The molecule has 31 heavy (non-hydrogen) atoms. The molecule has 162 valence electrons. The van der Waals surface area contributed by atoms with Crippen molar-refractivity contribution in [1.82, 2.24) is 9.80 Å². The third-order valence-corrected chi connectivity index (χ3v) is 5.17. The van der Waals surface area contributed by atoms with Gasteiger partial charge in [0.1, 0.15) is 23.3 Å². The molecular formula is C24H27N3O4. The first-order valence-corrected chi connectivity index (χ1v) is 10.1. The first-order valence-electron chi connectivity index (χ1n) is 10.1. The first kappa shape index (κ1) is 22.2. The van der Waals surface area contributed by atoms with E-state index in [1.54, 1.807) is 38.5 Å². The number of ether oxygens (including phenoxy) is 3. The maximum atomic E-state index is 12.6. The minimum absolute atomic E-state index is 0.00316. The van der Waals surface area contributed by atoms with E-state index < -0.39 is 0 Å². The largest absolute Gasteiger partial charge is 0.497 e. The normalized spacial score (nSPS) is 14.3. The molecular weight excluding hydrogens is 394 g/mol. The van der Waals surface area contributed by atoms with E-state index in [-0.39, 0.29) is 12.5 Å². The predicted octanol–water partition coefficient (Wildman–Crippen LogP) is 2.96. The molecule has 3 rings (SSSR count). The molecule has 7 nitrogen and oxygen atoms in total. The molecule has 7 heteroatoms. The molecule has 1 saturated heterocycles. The average molecular weight is 421 g/mol. The van der Waals surface area contributed by atoms with E-state index in [0.717, 1.165) is 42.3 Å². The number of amides is 1. The Bertz CT molecular complexity index is 942. The van der Waals surface area contributed by atoms with Gasteiger partial charge in [0.25, 0.3) is 0 Å². The van der Waals surface area contributed by atoms with Crippen LogP contribution in [0.1, 0.15) is 11.1 Å². The van der Waals surface area contributed by atoms with Gasteiger partial charge in [0, 0.05) is 44.4 Å². The van der Waals surface area contributed by atoms with Crippen molar-refractivity contribution >= 4 is 12.0 Å². The highest BCUT2D eigenvalue weighted by molar-refractivity contribution is 5.91. The van der Waals surface area contributed by atoms with Gasteiger partial charge in [-0.3, -0.25) is 9.69 Å². The van der Waals surface area contributed by atoms with E-state index in [1.165, 1.54) is 0 Å². The van der Waals surface area contributed by atoms with Crippen molar-refractivity contribution in [3.05, 3.63) is 59.7 Å². The van der Waals surface area contributed by atoms with Crippen molar-refractivity contribution in [2.75, 3.05) is 47.0 Å². The van der Waals surface area contributed by atoms with Gasteiger partial charge < -0.3 is 19.1 Å². The highest BCUT2D eigenvalue weighted by Crippen LogP contribution is 2.25. The molecule has 0 spiro atoms. The molecule has 0 saturated carbocycles. The molecule has 1 heterocycles. The van der Waals surface area contributed by atoms with E-state index >= 15 is 0 Å². The van der Waals surface area contributed by atoms with Crippen LogP contribution in [0.4, 0.5) is 0 Å². The molecule has 0 aromatic heterocycles. The zero-order valence-corrected chi connectivity index (χ0v) is 17.9. The monoisotopic (exact) mass is 421 g/mol. The summed E-state index contributed by atoms with van der Waals surface area (Å²) in [6, 6.07) is 15.0. The fourth-order valence-electron chi connectivity index (χ4n) is 3.44. The van der Waals surface area contributed by atoms with Gasteiger partial charge in [-0.2, -0.15) is 5.26 Å². The summed E-state index contributed by atoms with van der Waals surface area (Å²) in [7, 11) is 3.32. The van der Waals surface area contributed by atoms with Crippen LogP contribution in [0.2, 0.25) is 0 Å². The Labute approximate surface area is 183 Å². The summed E-state index contributed by atoms with van der Waals surface area (Å²) >= 11 is 0. The summed E-state index contributed by atoms with van der Waals surface area (Å²) < 4.78 is 16.0. The lowest BCUT2D eigenvalue weighted by Gasteiger charge is -2.34. The maximum absolute atomic E-state index is 12.6. The Morgan fingerprint density at radius 2 is 1.74 bits per heavy atom. The van der Waals surface area contributed by atoms with Crippen molar-refractivity contribution in [2.45, 2.75) is 6.54 Å². The Morgan fingerprint density at radius 1 is 1.03 bits per heavy atom. The van der Waals surface area contributed by atoms with Crippen LogP contribution in [0.5, 0.6) is 17.2 Å². The van der Waals surface area contributed by atoms with Crippen LogP contribution >= 0.6 is 0 Å². The van der Waals surface area contributed by atoms with Crippen LogP contribution in [0, 0.1) is 11.3 Å². The third-order valence-electron chi connectivity index (χ3n) is 5.17. The van der Waals surface area contributed by atoms with E-state index in [4.69, 9.17) is 19.5 Å². The van der Waals surface area contributed by atoms with E-state index in [2.05, 4.69) is 4.90 Å². The summed E-state index contributed by atoms with van der Waals surface area (Å²) in [6.07, 6.45) is 3.40. The maximum Gasteiger partial charge on any atom is 0.246 e. The van der Waals surface area contributed by atoms with Crippen LogP contribution in [-0.4, -0.2) is 62.7 Å². The summed E-state index contributed by atoms with van der Waals surface area (Å²) in [5.41, 5.74) is 1.98. The molecule has 0 unspecified atom stereocenters. The summed E-state index contributed by atoms with van der Waals surface area (Å²) in [6.45, 7) is 3.71. The zero-order valence-electron chi connectivity index (χ0n) is 17.9. The lowest BCUT2D eigenvalue weighted by atomic mass is 10.1. The number of piperazine rings is 1. The second-order valence-corrected chi connectivity index (χ2v) is 7.13. The van der Waals surface area contributed by atoms with Gasteiger partial charge in [0.2, 0.25) is 5.91 Å². The Balaban J connectivity index is 1.51. The quantitative estimate of drug-likeness (QED) is 0.610. The number of methoxy groups -OCH3 is 2. The topological polar surface area (TPSA) is 75.0 Å². The number of carbonyl (C=O) groups excluding carboxylic acids is 1. The number of hydrogen-bond donors (Lipinski definition) is 0. The first-order chi connectivity index (χ1) is 15.1. The standard InChI is InChI=1S/C24H27N3O4/c1-29-22-8-9-23(30-2)20(17-22)18-26-12-14-27(15-13-26)24(28)10-5-19-3-6-21(7-4-19)31-16-11-25/h3-10,17H,12-16,18H2,1-2H3/b10-5+. The number of carbonyl (C=O) groups is 1. The number of nitrogens with zero attached hydrogens (tertiary/aromatic N) is 3. The molecule has 1 aliphatic heterocycles. The van der Waals surface area contributed by atoms with Crippen LogP contribution in [0.3, 0.4) is 0 Å². The van der Waals surface area contributed by atoms with Crippen LogP contribution in [0.15, 0.2) is 48.5 Å². The van der Waals surface area contributed by atoms with Crippen LogP contribution in [0.25, 0.3) is 6.08 Å². The van der Waals surface area contributed by atoms with Gasteiger partial charge in [-0.25, -0.2) is 0 Å². The zero-order chi connectivity index (χ0) is 22.1. The third kappa shape index (κ3) is 6.24. The SMILES string of the molecule is COc1ccc(OC)c(CN2CCN(C(=O)/C=C/c3ccc(OCC#N)cc3)CC2)c1. The molecule has 0 atom stereocenters. The fourth-order valence-corrected chi connectivity index (χ4v) is 3.44. The van der Waals surface area contributed by atoms with Gasteiger partial charge in [-0.05, 0) is 42.0 Å². The van der Waals surface area contributed by atoms with Crippen LogP contribution in [-0.2, 0) is 11.3 Å². The second kappa shape index (κ2) is 11.0. The van der Waals surface area contributed by atoms with Gasteiger partial charge in [-0.15, -0.1) is 0 Å². The second-order valence-electron chi connectivity index (χ2n) is 7.13. The number of hydrogen-bond acceptors (Lipinski definition) is 6. The molecule has 0 N–H and O–H groups in total. The predicted molar refractivity (Wildman–Crippen MR) is 118 cm³/mol. The van der Waals surface area contributed by atoms with E-state index in [1.807, 2.05) is 41.3 Å². The fraction of sp³-hybridized carbons (Fsp3) is 0.333. The minimum Gasteiger partial charge on any atom is -0.497 e. The molecule has 0 bridgehead atoms. The summed E-state index contributed by atoms with van der Waals surface area (Å²) in [5.74, 6) is 2.28. The molecule has 1 amide bonds. The lowest BCUT2D eigenvalue weighted by molar-refractivity contribution is -0.127. The molecule has 2 aromatic rings. The molecule has 0 radical (unpaired) electrons.